The van der Waals surface area contributed by atoms with Gasteiger partial charge in [0.25, 0.3) is 0 Å². The van der Waals surface area contributed by atoms with Gasteiger partial charge in [-0.15, -0.1) is 0 Å². The van der Waals surface area contributed by atoms with E-state index in [0.29, 0.717) is 19.8 Å². The number of hydrogen-bond donors (Lipinski definition) is 1. The van der Waals surface area contributed by atoms with Crippen molar-refractivity contribution in [3.05, 3.63) is 29.8 Å². The Hall–Kier alpha value is -1.15. The molecule has 0 aromatic heterocycles. The van der Waals surface area contributed by atoms with Gasteiger partial charge in [-0.3, -0.25) is 4.90 Å². The van der Waals surface area contributed by atoms with Crippen LogP contribution < -0.4 is 9.62 Å². The number of nitrogens with one attached hydrogen (secondary N) is 1. The van der Waals surface area contributed by atoms with E-state index in [9.17, 15) is 8.42 Å². The summed E-state index contributed by atoms with van der Waals surface area (Å²) in [5.41, 5.74) is 2.25. The largest absolute Gasteiger partial charge is 0.379 e. The maximum absolute atomic E-state index is 11.8. The van der Waals surface area contributed by atoms with Gasteiger partial charge in [-0.05, 0) is 24.6 Å². The number of morpholine rings is 1. The summed E-state index contributed by atoms with van der Waals surface area (Å²) in [5, 5.41) is 0. The molecule has 1 aromatic rings. The standard InChI is InChI=1S/C16H27N3O3S/c1-4-23(20,21)17-13-16(19-9-11-22-12-10-19)14-5-7-15(8-6-14)18(2)3/h5-8,16-17H,4,9-13H2,1-3H3. The first kappa shape index (κ1) is 18.2. The van der Waals surface area contributed by atoms with Gasteiger partial charge in [0, 0.05) is 45.5 Å². The predicted molar refractivity (Wildman–Crippen MR) is 93.4 cm³/mol. The number of anilines is 1. The highest BCUT2D eigenvalue weighted by Gasteiger charge is 2.24. The lowest BCUT2D eigenvalue weighted by atomic mass is 10.0. The lowest BCUT2D eigenvalue weighted by Gasteiger charge is -2.35. The third-order valence-electron chi connectivity index (χ3n) is 4.16. The van der Waals surface area contributed by atoms with Crippen molar-refractivity contribution >= 4 is 15.7 Å². The van der Waals surface area contributed by atoms with E-state index in [1.165, 1.54) is 0 Å². The van der Waals surface area contributed by atoms with E-state index in [1.54, 1.807) is 6.92 Å². The molecule has 1 fully saturated rings. The second-order valence-electron chi connectivity index (χ2n) is 5.90. The minimum Gasteiger partial charge on any atom is -0.379 e. The van der Waals surface area contributed by atoms with Crippen molar-refractivity contribution in [3.8, 4) is 0 Å². The number of rotatable bonds is 7. The van der Waals surface area contributed by atoms with Crippen molar-refractivity contribution in [1.82, 2.24) is 9.62 Å². The molecule has 1 heterocycles. The van der Waals surface area contributed by atoms with E-state index in [1.807, 2.05) is 19.0 Å². The quantitative estimate of drug-likeness (QED) is 0.804. The molecule has 1 N–H and O–H groups in total. The molecule has 0 aliphatic carbocycles. The highest BCUT2D eigenvalue weighted by molar-refractivity contribution is 7.89. The molecule has 6 nitrogen and oxygen atoms in total. The zero-order chi connectivity index (χ0) is 16.9. The Morgan fingerprint density at radius 1 is 1.22 bits per heavy atom. The monoisotopic (exact) mass is 341 g/mol. The Bertz CT molecular complexity index is 581. The molecule has 0 amide bonds. The van der Waals surface area contributed by atoms with Crippen LogP contribution in [0.2, 0.25) is 0 Å². The number of benzene rings is 1. The van der Waals surface area contributed by atoms with Gasteiger partial charge in [-0.1, -0.05) is 12.1 Å². The summed E-state index contributed by atoms with van der Waals surface area (Å²) in [6.07, 6.45) is 0. The summed E-state index contributed by atoms with van der Waals surface area (Å²) < 4.78 is 31.7. The summed E-state index contributed by atoms with van der Waals surface area (Å²) in [7, 11) is 0.809. The van der Waals surface area contributed by atoms with Crippen LogP contribution >= 0.6 is 0 Å². The van der Waals surface area contributed by atoms with Gasteiger partial charge in [-0.2, -0.15) is 0 Å². The second kappa shape index (κ2) is 8.10. The minimum atomic E-state index is -3.20. The topological polar surface area (TPSA) is 61.9 Å². The molecule has 0 bridgehead atoms. The summed E-state index contributed by atoms with van der Waals surface area (Å²) in [6, 6.07) is 8.32. The third kappa shape index (κ3) is 5.17. The van der Waals surface area contributed by atoms with Crippen LogP contribution in [-0.4, -0.2) is 66.0 Å². The fourth-order valence-electron chi connectivity index (χ4n) is 2.65. The molecule has 1 aliphatic rings. The van der Waals surface area contributed by atoms with E-state index >= 15 is 0 Å². The molecule has 130 valence electrons. The third-order valence-corrected chi connectivity index (χ3v) is 5.52. The maximum Gasteiger partial charge on any atom is 0.211 e. The Labute approximate surface area is 139 Å². The zero-order valence-electron chi connectivity index (χ0n) is 14.2. The molecule has 7 heteroatoms. The Kier molecular flexibility index (Phi) is 6.41. The SMILES string of the molecule is CCS(=O)(=O)NCC(c1ccc(N(C)C)cc1)N1CCOCC1. The molecule has 1 aromatic carbocycles. The van der Waals surface area contributed by atoms with Crippen molar-refractivity contribution < 1.29 is 13.2 Å². The first-order chi connectivity index (χ1) is 10.9. The molecule has 1 unspecified atom stereocenters. The number of sulfonamides is 1. The van der Waals surface area contributed by atoms with Crippen LogP contribution in [0.3, 0.4) is 0 Å². The lowest BCUT2D eigenvalue weighted by Crippen LogP contribution is -2.44. The first-order valence-electron chi connectivity index (χ1n) is 7.99. The molecule has 23 heavy (non-hydrogen) atoms. The van der Waals surface area contributed by atoms with Gasteiger partial charge < -0.3 is 9.64 Å². The van der Waals surface area contributed by atoms with Crippen LogP contribution in [0.25, 0.3) is 0 Å². The van der Waals surface area contributed by atoms with Gasteiger partial charge in [0.05, 0.1) is 19.0 Å². The van der Waals surface area contributed by atoms with Gasteiger partial charge >= 0.3 is 0 Å². The van der Waals surface area contributed by atoms with E-state index in [0.717, 1.165) is 24.3 Å². The summed E-state index contributed by atoms with van der Waals surface area (Å²) in [4.78, 5) is 4.33. The van der Waals surface area contributed by atoms with E-state index in [4.69, 9.17) is 4.74 Å². The number of ether oxygens (including phenoxy) is 1. The van der Waals surface area contributed by atoms with Gasteiger partial charge in [0.2, 0.25) is 10.0 Å². The number of nitrogens with zero attached hydrogens (tertiary/aromatic N) is 2. The van der Waals surface area contributed by atoms with Crippen molar-refractivity contribution in [2.45, 2.75) is 13.0 Å². The highest BCUT2D eigenvalue weighted by atomic mass is 32.2. The highest BCUT2D eigenvalue weighted by Crippen LogP contribution is 2.24. The fourth-order valence-corrected chi connectivity index (χ4v) is 3.27. The molecule has 0 spiro atoms. The molecular weight excluding hydrogens is 314 g/mol. The summed E-state index contributed by atoms with van der Waals surface area (Å²) in [6.45, 7) is 5.04. The van der Waals surface area contributed by atoms with Crippen LogP contribution in [0.4, 0.5) is 5.69 Å². The van der Waals surface area contributed by atoms with E-state index in [2.05, 4.69) is 33.9 Å². The Balaban J connectivity index is 2.17. The Morgan fingerprint density at radius 3 is 2.35 bits per heavy atom. The van der Waals surface area contributed by atoms with Crippen molar-refractivity contribution in [1.29, 1.82) is 0 Å². The maximum atomic E-state index is 11.8. The number of hydrogen-bond acceptors (Lipinski definition) is 5. The van der Waals surface area contributed by atoms with Gasteiger partial charge in [-0.25, -0.2) is 13.1 Å². The van der Waals surface area contributed by atoms with E-state index in [-0.39, 0.29) is 11.8 Å². The molecule has 1 atom stereocenters. The molecular formula is C16H27N3O3S. The van der Waals surface area contributed by atoms with E-state index < -0.39 is 10.0 Å². The molecule has 2 rings (SSSR count). The molecule has 0 radical (unpaired) electrons. The van der Waals surface area contributed by atoms with Crippen LogP contribution in [0.5, 0.6) is 0 Å². The van der Waals surface area contributed by atoms with Gasteiger partial charge in [0.1, 0.15) is 0 Å². The zero-order valence-corrected chi connectivity index (χ0v) is 15.0. The fraction of sp³-hybridized carbons (Fsp3) is 0.625. The van der Waals surface area contributed by atoms with Gasteiger partial charge in [0.15, 0.2) is 0 Å². The molecule has 1 saturated heterocycles. The van der Waals surface area contributed by atoms with Crippen molar-refractivity contribution in [3.63, 3.8) is 0 Å². The molecule has 1 aliphatic heterocycles. The predicted octanol–water partition coefficient (Wildman–Crippen LogP) is 1.07. The average Bonchev–Trinajstić information content (AvgIpc) is 2.56. The van der Waals surface area contributed by atoms with Crippen molar-refractivity contribution in [2.24, 2.45) is 0 Å². The second-order valence-corrected chi connectivity index (χ2v) is 8.00. The van der Waals surface area contributed by atoms with Crippen LogP contribution in [0.1, 0.15) is 18.5 Å². The van der Waals surface area contributed by atoms with Crippen LogP contribution in [-0.2, 0) is 14.8 Å². The Morgan fingerprint density at radius 2 is 1.83 bits per heavy atom. The smallest absolute Gasteiger partial charge is 0.211 e. The van der Waals surface area contributed by atoms with Crippen LogP contribution in [0.15, 0.2) is 24.3 Å². The lowest BCUT2D eigenvalue weighted by molar-refractivity contribution is 0.0172. The van der Waals surface area contributed by atoms with Crippen LogP contribution in [0, 0.1) is 0 Å². The normalized spacial score (nSPS) is 17.9. The molecule has 0 saturated carbocycles. The first-order valence-corrected chi connectivity index (χ1v) is 9.64. The summed E-state index contributed by atoms with van der Waals surface area (Å²) >= 11 is 0. The summed E-state index contributed by atoms with van der Waals surface area (Å²) in [5.74, 6) is 0.0996. The minimum absolute atomic E-state index is 0.0245. The average molecular weight is 341 g/mol. The van der Waals surface area contributed by atoms with Crippen molar-refractivity contribution in [2.75, 3.05) is 57.6 Å².